The maximum absolute atomic E-state index is 10.7. The second-order valence-electron chi connectivity index (χ2n) is 5.98. The third kappa shape index (κ3) is 2.61. The lowest BCUT2D eigenvalue weighted by molar-refractivity contribution is -0.138. The van der Waals surface area contributed by atoms with E-state index >= 15 is 0 Å². The molecule has 0 radical (unpaired) electrons. The summed E-state index contributed by atoms with van der Waals surface area (Å²) in [6.07, 6.45) is 6.67. The fourth-order valence-electron chi connectivity index (χ4n) is 3.34. The van der Waals surface area contributed by atoms with E-state index in [1.165, 1.54) is 0 Å². The Kier molecular flexibility index (Phi) is 4.07. The number of nitrogens with zero attached hydrogens (tertiary/aromatic N) is 3. The summed E-state index contributed by atoms with van der Waals surface area (Å²) in [7, 11) is 3.92. The summed E-state index contributed by atoms with van der Waals surface area (Å²) in [5.74, 6) is 0.128. The van der Waals surface area contributed by atoms with E-state index in [2.05, 4.69) is 21.4 Å². The van der Waals surface area contributed by atoms with Crippen molar-refractivity contribution in [2.45, 2.75) is 37.6 Å². The van der Waals surface area contributed by atoms with Crippen molar-refractivity contribution in [3.63, 3.8) is 0 Å². The summed E-state index contributed by atoms with van der Waals surface area (Å²) >= 11 is 0. The lowest BCUT2D eigenvalue weighted by Crippen LogP contribution is -2.50. The summed E-state index contributed by atoms with van der Waals surface area (Å²) in [5.41, 5.74) is 0.959. The van der Waals surface area contributed by atoms with Crippen LogP contribution in [0.15, 0.2) is 17.3 Å². The Labute approximate surface area is 120 Å². The van der Waals surface area contributed by atoms with Crippen LogP contribution in [0.2, 0.25) is 0 Å². The maximum atomic E-state index is 10.7. The zero-order valence-electron chi connectivity index (χ0n) is 12.2. The highest BCUT2D eigenvalue weighted by Gasteiger charge is 2.37. The second-order valence-corrected chi connectivity index (χ2v) is 5.98. The zero-order valence-corrected chi connectivity index (χ0v) is 12.2. The number of aliphatic hydroxyl groups is 1. The summed E-state index contributed by atoms with van der Waals surface area (Å²) in [6.45, 7) is 2.08. The van der Waals surface area contributed by atoms with Gasteiger partial charge >= 0.3 is 0 Å². The van der Waals surface area contributed by atoms with Crippen LogP contribution >= 0.6 is 0 Å². The molecule has 0 bridgehead atoms. The van der Waals surface area contributed by atoms with Crippen LogP contribution < -0.4 is 5.32 Å². The highest BCUT2D eigenvalue weighted by Crippen LogP contribution is 2.28. The first kappa shape index (κ1) is 14.0. The molecule has 2 aliphatic heterocycles. The molecule has 6 nitrogen and oxygen atoms in total. The number of rotatable bonds is 3. The molecule has 0 aromatic heterocycles. The van der Waals surface area contributed by atoms with Crippen LogP contribution in [0.4, 0.5) is 0 Å². The topological polar surface area (TPSA) is 60.3 Å². The van der Waals surface area contributed by atoms with Crippen LogP contribution in [0.25, 0.3) is 0 Å². The highest BCUT2D eigenvalue weighted by molar-refractivity contribution is 6.00. The van der Waals surface area contributed by atoms with Gasteiger partial charge in [0, 0.05) is 19.0 Å². The fourth-order valence-corrected chi connectivity index (χ4v) is 3.34. The van der Waals surface area contributed by atoms with Crippen molar-refractivity contribution in [2.75, 3.05) is 27.2 Å². The molecule has 20 heavy (non-hydrogen) atoms. The number of hydrogen-bond donors (Lipinski definition) is 2. The van der Waals surface area contributed by atoms with Crippen molar-refractivity contribution < 1.29 is 10.0 Å². The van der Waals surface area contributed by atoms with E-state index in [0.717, 1.165) is 38.1 Å². The SMILES string of the molecule is CN1ON=C2C=CC(C(O)N(C)C3CCNCC3)CC21. The molecule has 1 fully saturated rings. The van der Waals surface area contributed by atoms with E-state index in [1.54, 1.807) is 5.06 Å². The molecule has 6 heteroatoms. The van der Waals surface area contributed by atoms with Crippen LogP contribution in [-0.2, 0) is 4.94 Å². The van der Waals surface area contributed by atoms with Crippen LogP contribution in [-0.4, -0.2) is 66.3 Å². The Morgan fingerprint density at radius 3 is 3.00 bits per heavy atom. The monoisotopic (exact) mass is 280 g/mol. The minimum atomic E-state index is -0.440. The van der Waals surface area contributed by atoms with Gasteiger partial charge in [0.1, 0.15) is 11.9 Å². The molecule has 1 saturated heterocycles. The molecule has 1 aliphatic carbocycles. The molecule has 112 valence electrons. The molecule has 3 unspecified atom stereocenters. The first-order valence-corrected chi connectivity index (χ1v) is 7.43. The second kappa shape index (κ2) is 5.81. The Balaban J connectivity index is 1.64. The van der Waals surface area contributed by atoms with Gasteiger partial charge in [-0.25, -0.2) is 0 Å². The van der Waals surface area contributed by atoms with Crippen molar-refractivity contribution >= 4 is 5.71 Å². The van der Waals surface area contributed by atoms with Gasteiger partial charge in [-0.1, -0.05) is 11.2 Å². The quantitative estimate of drug-likeness (QED) is 0.722. The third-order valence-electron chi connectivity index (χ3n) is 4.75. The minimum absolute atomic E-state index is 0.128. The largest absolute Gasteiger partial charge is 0.378 e. The third-order valence-corrected chi connectivity index (χ3v) is 4.75. The Morgan fingerprint density at radius 2 is 2.25 bits per heavy atom. The molecule has 0 aromatic rings. The van der Waals surface area contributed by atoms with Gasteiger partial charge < -0.3 is 10.4 Å². The lowest BCUT2D eigenvalue weighted by Gasteiger charge is -2.39. The molecule has 0 amide bonds. The van der Waals surface area contributed by atoms with E-state index in [4.69, 9.17) is 4.94 Å². The van der Waals surface area contributed by atoms with Gasteiger partial charge in [0.15, 0.2) is 0 Å². The molecule has 3 aliphatic rings. The molecule has 2 N–H and O–H groups in total. The summed E-state index contributed by atoms with van der Waals surface area (Å²) in [4.78, 5) is 7.30. The number of hydroxylamine groups is 2. The average Bonchev–Trinajstić information content (AvgIpc) is 2.87. The van der Waals surface area contributed by atoms with Crippen molar-refractivity contribution in [3.8, 4) is 0 Å². The Hall–Kier alpha value is -0.950. The summed E-state index contributed by atoms with van der Waals surface area (Å²) < 4.78 is 0. The molecule has 3 atom stereocenters. The number of nitrogens with one attached hydrogen (secondary N) is 1. The minimum Gasteiger partial charge on any atom is -0.378 e. The molecule has 3 rings (SSSR count). The molecular weight excluding hydrogens is 256 g/mol. The van der Waals surface area contributed by atoms with Crippen LogP contribution in [0.1, 0.15) is 19.3 Å². The Bertz CT molecular complexity index is 406. The number of aliphatic hydroxyl groups excluding tert-OH is 1. The van der Waals surface area contributed by atoms with E-state index < -0.39 is 6.23 Å². The van der Waals surface area contributed by atoms with Crippen LogP contribution in [0.3, 0.4) is 0 Å². The smallest absolute Gasteiger partial charge is 0.113 e. The van der Waals surface area contributed by atoms with E-state index in [9.17, 15) is 5.11 Å². The predicted molar refractivity (Wildman–Crippen MR) is 77.0 cm³/mol. The van der Waals surface area contributed by atoms with E-state index in [1.807, 2.05) is 20.2 Å². The van der Waals surface area contributed by atoms with Gasteiger partial charge in [-0.3, -0.25) is 9.84 Å². The predicted octanol–water partition coefficient (Wildman–Crippen LogP) is 0.166. The van der Waals surface area contributed by atoms with Gasteiger partial charge in [0.2, 0.25) is 0 Å². The van der Waals surface area contributed by atoms with Gasteiger partial charge in [-0.2, -0.15) is 0 Å². The molecule has 2 heterocycles. The first-order valence-electron chi connectivity index (χ1n) is 7.43. The molecule has 0 saturated carbocycles. The van der Waals surface area contributed by atoms with E-state index in [0.29, 0.717) is 6.04 Å². The van der Waals surface area contributed by atoms with Crippen molar-refractivity contribution in [1.82, 2.24) is 15.3 Å². The zero-order chi connectivity index (χ0) is 14.1. The lowest BCUT2D eigenvalue weighted by atomic mass is 9.88. The van der Waals surface area contributed by atoms with E-state index in [-0.39, 0.29) is 12.0 Å². The molecule has 0 aromatic carbocycles. The Morgan fingerprint density at radius 1 is 1.50 bits per heavy atom. The van der Waals surface area contributed by atoms with Crippen molar-refractivity contribution in [1.29, 1.82) is 0 Å². The average molecular weight is 280 g/mol. The number of piperidine rings is 1. The number of oxime groups is 1. The number of fused-ring (bicyclic) bond motifs is 1. The van der Waals surface area contributed by atoms with Gasteiger partial charge in [0.05, 0.1) is 6.04 Å². The van der Waals surface area contributed by atoms with Crippen molar-refractivity contribution in [3.05, 3.63) is 12.2 Å². The highest BCUT2D eigenvalue weighted by atomic mass is 16.8. The van der Waals surface area contributed by atoms with Crippen LogP contribution in [0, 0.1) is 5.92 Å². The fraction of sp³-hybridized carbons (Fsp3) is 0.786. The summed E-state index contributed by atoms with van der Waals surface area (Å²) in [6, 6.07) is 0.633. The van der Waals surface area contributed by atoms with Gasteiger partial charge in [-0.15, -0.1) is 5.06 Å². The van der Waals surface area contributed by atoms with Gasteiger partial charge in [0.25, 0.3) is 0 Å². The van der Waals surface area contributed by atoms with Crippen LogP contribution in [0.5, 0.6) is 0 Å². The van der Waals surface area contributed by atoms with Crippen molar-refractivity contribution in [2.24, 2.45) is 11.1 Å². The first-order chi connectivity index (χ1) is 9.66. The van der Waals surface area contributed by atoms with Gasteiger partial charge in [-0.05, 0) is 45.5 Å². The number of hydrogen-bond acceptors (Lipinski definition) is 6. The molecular formula is C14H24N4O2. The normalized spacial score (nSPS) is 32.9. The maximum Gasteiger partial charge on any atom is 0.113 e. The summed E-state index contributed by atoms with van der Waals surface area (Å²) in [5, 5.41) is 19.8. The molecule has 0 spiro atoms. The standard InChI is InChI=1S/C14H24N4O2/c1-17(11-5-7-15-8-6-11)14(19)10-3-4-12-13(9-10)18(2)20-16-12/h3-4,10-11,13-15,19H,5-9H2,1-2H3.